The number of nitrogens with two attached hydrogens (primary N) is 1. The normalized spacial score (nSPS) is 14.3. The lowest BCUT2D eigenvalue weighted by Crippen LogP contribution is -2.38. The van der Waals surface area contributed by atoms with Crippen molar-refractivity contribution in [3.63, 3.8) is 0 Å². The minimum atomic E-state index is -6.72. The highest BCUT2D eigenvalue weighted by Crippen LogP contribution is 2.36. The molecule has 0 aliphatic rings. The molecule has 0 fully saturated rings. The third-order valence-corrected chi connectivity index (χ3v) is 4.32. The molecule has 0 aromatic rings. The van der Waals surface area contributed by atoms with Gasteiger partial charge in [0.1, 0.15) is 0 Å². The maximum Gasteiger partial charge on any atom is 0.480 e. The molecular weight excluding hydrogens is 368 g/mol. The number of hydrogen-bond donors (Lipinski definition) is 1. The first-order chi connectivity index (χ1) is 9.27. The summed E-state index contributed by atoms with van der Waals surface area (Å²) >= 11 is 0. The van der Waals surface area contributed by atoms with Gasteiger partial charge in [-0.25, -0.2) is 16.8 Å². The fourth-order valence-corrected chi connectivity index (χ4v) is 2.31. The minimum Gasteiger partial charge on any atom is -0.421 e. The van der Waals surface area contributed by atoms with E-state index in [2.05, 4.69) is 21.1 Å². The Kier molecular flexibility index (Phi) is 7.83. The first kappa shape index (κ1) is 23.6. The quantitative estimate of drug-likeness (QED) is 0.568. The molecule has 0 saturated heterocycles. The van der Waals surface area contributed by atoms with Crippen LogP contribution in [0.15, 0.2) is 0 Å². The highest BCUT2D eigenvalue weighted by molar-refractivity contribution is 8.13. The maximum absolute atomic E-state index is 11.4. The molecule has 136 valence electrons. The van der Waals surface area contributed by atoms with E-state index < -0.39 is 31.1 Å². The molecular formula is C7H15F6N3O4S2. The van der Waals surface area contributed by atoms with E-state index in [9.17, 15) is 43.2 Å². The second-order valence-corrected chi connectivity index (χ2v) is 8.14. The van der Waals surface area contributed by atoms with Gasteiger partial charge in [-0.15, -0.1) is 0 Å². The van der Waals surface area contributed by atoms with Crippen LogP contribution in [0.1, 0.15) is 0 Å². The summed E-state index contributed by atoms with van der Waals surface area (Å²) in [7, 11) is -7.05. The SMILES string of the molecule is C[N+](C)(C)CCN.O=S(=O)([N-]S(=O)(=O)C(F)(F)F)C(F)(F)F. The van der Waals surface area contributed by atoms with Gasteiger partial charge in [-0.05, 0) is 0 Å². The van der Waals surface area contributed by atoms with Crippen LogP contribution in [0, 0.1) is 0 Å². The molecule has 0 aromatic heterocycles. The van der Waals surface area contributed by atoms with Gasteiger partial charge in [-0.2, -0.15) is 26.3 Å². The van der Waals surface area contributed by atoms with Gasteiger partial charge < -0.3 is 14.3 Å². The van der Waals surface area contributed by atoms with Gasteiger partial charge in [-0.1, -0.05) is 0 Å². The lowest BCUT2D eigenvalue weighted by Gasteiger charge is -2.22. The molecule has 0 aliphatic heterocycles. The van der Waals surface area contributed by atoms with Crippen LogP contribution in [0.3, 0.4) is 0 Å². The molecule has 22 heavy (non-hydrogen) atoms. The van der Waals surface area contributed by atoms with E-state index >= 15 is 0 Å². The molecule has 15 heteroatoms. The molecule has 7 nitrogen and oxygen atoms in total. The molecule has 0 saturated carbocycles. The smallest absolute Gasteiger partial charge is 0.421 e. The van der Waals surface area contributed by atoms with Crippen molar-refractivity contribution in [1.82, 2.24) is 0 Å². The van der Waals surface area contributed by atoms with E-state index in [0.29, 0.717) is 0 Å². The monoisotopic (exact) mass is 383 g/mol. The first-order valence-electron chi connectivity index (χ1n) is 5.14. The van der Waals surface area contributed by atoms with Crippen LogP contribution in [0.5, 0.6) is 0 Å². The molecule has 0 amide bonds. The summed E-state index contributed by atoms with van der Waals surface area (Å²) in [6.07, 6.45) is 0. The van der Waals surface area contributed by atoms with Gasteiger partial charge in [-0.3, -0.25) is 0 Å². The van der Waals surface area contributed by atoms with E-state index in [0.717, 1.165) is 21.7 Å². The number of halogens is 6. The van der Waals surface area contributed by atoms with Crippen LogP contribution in [0.2, 0.25) is 0 Å². The van der Waals surface area contributed by atoms with Gasteiger partial charge in [0.15, 0.2) is 20.0 Å². The zero-order valence-electron chi connectivity index (χ0n) is 11.6. The van der Waals surface area contributed by atoms with E-state index in [4.69, 9.17) is 5.73 Å². The van der Waals surface area contributed by atoms with Gasteiger partial charge in [0.2, 0.25) is 0 Å². The fraction of sp³-hybridized carbons (Fsp3) is 1.00. The van der Waals surface area contributed by atoms with Crippen molar-refractivity contribution in [1.29, 1.82) is 0 Å². The summed E-state index contributed by atoms with van der Waals surface area (Å²) in [5.74, 6) is 0. The van der Waals surface area contributed by atoms with Crippen LogP contribution < -0.4 is 5.73 Å². The third kappa shape index (κ3) is 8.72. The van der Waals surface area contributed by atoms with Crippen molar-refractivity contribution >= 4 is 20.0 Å². The highest BCUT2D eigenvalue weighted by atomic mass is 32.3. The van der Waals surface area contributed by atoms with Crippen molar-refractivity contribution < 1.29 is 47.7 Å². The van der Waals surface area contributed by atoms with Crippen molar-refractivity contribution in [2.24, 2.45) is 5.73 Å². The van der Waals surface area contributed by atoms with E-state index in [1.54, 1.807) is 0 Å². The maximum atomic E-state index is 11.4. The Bertz CT molecular complexity index is 504. The molecule has 0 heterocycles. The Hall–Kier alpha value is -0.640. The first-order valence-corrected chi connectivity index (χ1v) is 8.02. The number of alkyl halides is 6. The zero-order valence-corrected chi connectivity index (χ0v) is 13.2. The van der Waals surface area contributed by atoms with Crippen molar-refractivity contribution in [3.8, 4) is 0 Å². The largest absolute Gasteiger partial charge is 0.480 e. The number of sulfonamides is 2. The molecule has 0 spiro atoms. The predicted octanol–water partition coefficient (Wildman–Crippen LogP) is 0.711. The van der Waals surface area contributed by atoms with Crippen molar-refractivity contribution in [2.75, 3.05) is 34.2 Å². The average Bonchev–Trinajstić information content (AvgIpc) is 2.10. The van der Waals surface area contributed by atoms with E-state index in [1.807, 2.05) is 0 Å². The van der Waals surface area contributed by atoms with Crippen LogP contribution >= 0.6 is 0 Å². The molecule has 0 bridgehead atoms. The Morgan fingerprint density at radius 3 is 1.23 bits per heavy atom. The molecule has 0 aromatic carbocycles. The Morgan fingerprint density at radius 2 is 1.14 bits per heavy atom. The van der Waals surface area contributed by atoms with Gasteiger partial charge in [0.25, 0.3) is 0 Å². The number of rotatable bonds is 4. The van der Waals surface area contributed by atoms with Crippen LogP contribution in [0.4, 0.5) is 26.3 Å². The fourth-order valence-electron chi connectivity index (χ4n) is 0.601. The zero-order chi connectivity index (χ0) is 18.6. The highest BCUT2D eigenvalue weighted by Gasteiger charge is 2.46. The number of likely N-dealkylation sites (N-methyl/N-ethyl adjacent to an activating group) is 1. The summed E-state index contributed by atoms with van der Waals surface area (Å²) in [5, 5.41) is 0. The summed E-state index contributed by atoms with van der Waals surface area (Å²) in [4.78, 5) is 0. The summed E-state index contributed by atoms with van der Waals surface area (Å²) in [6.45, 7) is 1.84. The lowest BCUT2D eigenvalue weighted by atomic mass is 10.5. The average molecular weight is 383 g/mol. The Labute approximate surface area is 123 Å². The standard InChI is InChI=1S/C5H15N2.C2F6NO4S2/c1-7(2,3)5-4-6;3-1(4,5)14(10,11)9-15(12,13)2(6,7)8/h4-6H2,1-3H3;/q+1;-1. The predicted molar refractivity (Wildman–Crippen MR) is 65.3 cm³/mol. The van der Waals surface area contributed by atoms with Gasteiger partial charge in [0, 0.05) is 6.54 Å². The summed E-state index contributed by atoms with van der Waals surface area (Å²) < 4.78 is 110. The number of hydrogen-bond acceptors (Lipinski definition) is 5. The number of nitrogens with zero attached hydrogens (tertiary/aromatic N) is 2. The lowest BCUT2D eigenvalue weighted by molar-refractivity contribution is -0.868. The summed E-state index contributed by atoms with van der Waals surface area (Å²) in [6, 6.07) is 0. The van der Waals surface area contributed by atoms with Crippen molar-refractivity contribution in [2.45, 2.75) is 11.0 Å². The second-order valence-electron chi connectivity index (χ2n) is 4.72. The van der Waals surface area contributed by atoms with Gasteiger partial charge in [0.05, 0.1) is 27.7 Å². The van der Waals surface area contributed by atoms with E-state index in [1.165, 1.54) is 0 Å². The minimum absolute atomic E-state index is 0.778. The van der Waals surface area contributed by atoms with Gasteiger partial charge >= 0.3 is 11.0 Å². The van der Waals surface area contributed by atoms with Crippen molar-refractivity contribution in [3.05, 3.63) is 4.13 Å². The molecule has 0 unspecified atom stereocenters. The van der Waals surface area contributed by atoms with E-state index in [-0.39, 0.29) is 0 Å². The summed E-state index contributed by atoms with van der Waals surface area (Å²) in [5.41, 5.74) is -7.11. The molecule has 2 N–H and O–H groups in total. The van der Waals surface area contributed by atoms with Crippen LogP contribution in [-0.4, -0.2) is 66.6 Å². The van der Waals surface area contributed by atoms with Crippen LogP contribution in [0.25, 0.3) is 4.13 Å². The topological polar surface area (TPSA) is 108 Å². The Balaban J connectivity index is 0. The second kappa shape index (κ2) is 7.29. The van der Waals surface area contributed by atoms with Crippen LogP contribution in [-0.2, 0) is 20.0 Å². The molecule has 0 rings (SSSR count). The Morgan fingerprint density at radius 1 is 0.864 bits per heavy atom. The number of quaternary nitrogens is 1. The third-order valence-electron chi connectivity index (χ3n) is 1.58. The molecule has 0 atom stereocenters. The molecule has 0 aliphatic carbocycles. The molecule has 0 radical (unpaired) electrons.